The van der Waals surface area contributed by atoms with E-state index < -0.39 is 11.9 Å². The number of hydrogen-bond acceptors (Lipinski definition) is 6. The maximum atomic E-state index is 13.4. The van der Waals surface area contributed by atoms with E-state index in [1.807, 2.05) is 24.0 Å². The maximum Gasteiger partial charge on any atom is 0.305 e. The molecular weight excluding hydrogens is 514 g/mol. The van der Waals surface area contributed by atoms with Crippen LogP contribution < -0.4 is 9.47 Å². The Bertz CT molecular complexity index is 1090. The molecule has 4 rings (SSSR count). The van der Waals surface area contributed by atoms with Gasteiger partial charge >= 0.3 is 5.97 Å². The molecule has 0 aromatic heterocycles. The number of halogens is 1. The number of rotatable bonds is 9. The Kier molecular flexibility index (Phi) is 7.79. The monoisotopic (exact) mass is 543 g/mol. The molecule has 0 saturated carbocycles. The van der Waals surface area contributed by atoms with Gasteiger partial charge in [-0.2, -0.15) is 0 Å². The third-order valence-electron chi connectivity index (χ3n) is 6.65. The van der Waals surface area contributed by atoms with Crippen molar-refractivity contribution in [3.8, 4) is 11.5 Å². The molecular formula is C27H30BrNO6. The molecule has 1 aromatic rings. The number of hydrogen-bond donors (Lipinski definition) is 1. The van der Waals surface area contributed by atoms with Crippen LogP contribution in [0.2, 0.25) is 0 Å². The van der Waals surface area contributed by atoms with Crippen molar-refractivity contribution in [2.75, 3.05) is 19.8 Å². The number of carbonyl (C=O) groups excluding carboxylic acids is 2. The van der Waals surface area contributed by atoms with Gasteiger partial charge in [0, 0.05) is 47.8 Å². The van der Waals surface area contributed by atoms with E-state index in [1.54, 1.807) is 6.08 Å². The van der Waals surface area contributed by atoms with Crippen molar-refractivity contribution < 1.29 is 29.0 Å². The minimum absolute atomic E-state index is 0.0163. The standard InChI is InChI=1S/C27H30BrNO6/c1-3-13-35-27-17(28)14-16(15-22(27)34-4-2)24-25-18(7-5-9-20(25)30)29(12-11-23(32)33)19-8-6-10-21(31)26(19)24/h3,14-15,24H,1,4-13H2,2H3,(H,32,33). The summed E-state index contributed by atoms with van der Waals surface area (Å²) >= 11 is 3.61. The molecule has 0 unspecified atom stereocenters. The molecule has 2 aliphatic carbocycles. The quantitative estimate of drug-likeness (QED) is 0.422. The second-order valence-electron chi connectivity index (χ2n) is 8.87. The summed E-state index contributed by atoms with van der Waals surface area (Å²) in [5.41, 5.74) is 3.74. The van der Waals surface area contributed by atoms with Gasteiger partial charge in [0.1, 0.15) is 6.61 Å². The first-order valence-corrected chi connectivity index (χ1v) is 12.9. The summed E-state index contributed by atoms with van der Waals surface area (Å²) < 4.78 is 12.4. The Labute approximate surface area is 213 Å². The highest BCUT2D eigenvalue weighted by molar-refractivity contribution is 9.10. The second kappa shape index (κ2) is 10.8. The Morgan fingerprint density at radius 1 is 1.11 bits per heavy atom. The van der Waals surface area contributed by atoms with Gasteiger partial charge in [-0.05, 0) is 66.2 Å². The van der Waals surface area contributed by atoms with Crippen molar-refractivity contribution in [2.24, 2.45) is 0 Å². The van der Waals surface area contributed by atoms with Crippen LogP contribution in [0.5, 0.6) is 11.5 Å². The fourth-order valence-corrected chi connectivity index (χ4v) is 5.90. The Balaban J connectivity index is 1.91. The number of Topliss-reactive ketones (excluding diaryl/α,β-unsaturated/α-hetero) is 2. The number of carboxylic acid groups (broad SMARTS) is 1. The molecule has 0 spiro atoms. The highest BCUT2D eigenvalue weighted by Crippen LogP contribution is 2.51. The topological polar surface area (TPSA) is 93.1 Å². The number of benzene rings is 1. The lowest BCUT2D eigenvalue weighted by atomic mass is 9.71. The van der Waals surface area contributed by atoms with Crippen LogP contribution >= 0.6 is 15.9 Å². The number of allylic oxidation sites excluding steroid dienone is 4. The normalized spacial score (nSPS) is 18.4. The number of carbonyl (C=O) groups is 3. The lowest BCUT2D eigenvalue weighted by Crippen LogP contribution is -2.39. The van der Waals surface area contributed by atoms with Crippen molar-refractivity contribution in [1.82, 2.24) is 4.90 Å². The molecule has 8 heteroatoms. The highest BCUT2D eigenvalue weighted by atomic mass is 79.9. The fourth-order valence-electron chi connectivity index (χ4n) is 5.33. The van der Waals surface area contributed by atoms with Crippen LogP contribution in [-0.2, 0) is 14.4 Å². The summed E-state index contributed by atoms with van der Waals surface area (Å²) in [5.74, 6) is -0.303. The minimum Gasteiger partial charge on any atom is -0.490 e. The Hall–Kier alpha value is -2.87. The molecule has 0 amide bonds. The highest BCUT2D eigenvalue weighted by Gasteiger charge is 2.43. The average Bonchev–Trinajstić information content (AvgIpc) is 2.82. The zero-order chi connectivity index (χ0) is 25.1. The van der Waals surface area contributed by atoms with Gasteiger partial charge in [-0.3, -0.25) is 14.4 Å². The Morgan fingerprint density at radius 3 is 2.29 bits per heavy atom. The predicted molar refractivity (Wildman–Crippen MR) is 134 cm³/mol. The molecule has 0 atom stereocenters. The number of nitrogens with zero attached hydrogens (tertiary/aromatic N) is 1. The zero-order valence-corrected chi connectivity index (χ0v) is 21.5. The van der Waals surface area contributed by atoms with E-state index >= 15 is 0 Å². The van der Waals surface area contributed by atoms with Crippen LogP contribution in [0.15, 0.2) is 51.8 Å². The van der Waals surface area contributed by atoms with Gasteiger partial charge in [-0.1, -0.05) is 12.7 Å². The molecule has 0 radical (unpaired) electrons. The number of ether oxygens (including phenoxy) is 2. The Morgan fingerprint density at radius 2 is 1.74 bits per heavy atom. The van der Waals surface area contributed by atoms with Gasteiger partial charge in [0.15, 0.2) is 23.1 Å². The number of aliphatic carboxylic acids is 1. The average molecular weight is 544 g/mol. The maximum absolute atomic E-state index is 13.4. The van der Waals surface area contributed by atoms with Crippen molar-refractivity contribution in [3.63, 3.8) is 0 Å². The summed E-state index contributed by atoms with van der Waals surface area (Å²) in [6.45, 7) is 6.57. The first kappa shape index (κ1) is 25.2. The van der Waals surface area contributed by atoms with Crippen molar-refractivity contribution in [3.05, 3.63) is 57.4 Å². The second-order valence-corrected chi connectivity index (χ2v) is 9.72. The van der Waals surface area contributed by atoms with Crippen molar-refractivity contribution in [2.45, 2.75) is 57.8 Å². The van der Waals surface area contributed by atoms with E-state index in [0.29, 0.717) is 78.9 Å². The smallest absolute Gasteiger partial charge is 0.305 e. The van der Waals surface area contributed by atoms with Gasteiger partial charge in [0.25, 0.3) is 0 Å². The van der Waals surface area contributed by atoms with E-state index in [4.69, 9.17) is 9.47 Å². The van der Waals surface area contributed by atoms with Gasteiger partial charge < -0.3 is 19.5 Å². The van der Waals surface area contributed by atoms with Crippen LogP contribution in [0.1, 0.15) is 63.4 Å². The molecule has 0 fully saturated rings. The first-order valence-electron chi connectivity index (χ1n) is 12.1. The third kappa shape index (κ3) is 4.94. The summed E-state index contributed by atoms with van der Waals surface area (Å²) in [6, 6.07) is 3.76. The lowest BCUT2D eigenvalue weighted by Gasteiger charge is -2.44. The van der Waals surface area contributed by atoms with Crippen LogP contribution in [0.25, 0.3) is 0 Å². The van der Waals surface area contributed by atoms with E-state index in [0.717, 1.165) is 17.0 Å². The van der Waals surface area contributed by atoms with Gasteiger partial charge in [-0.15, -0.1) is 0 Å². The molecule has 1 aliphatic heterocycles. The fraction of sp³-hybridized carbons (Fsp3) is 0.444. The molecule has 1 heterocycles. The summed E-state index contributed by atoms with van der Waals surface area (Å²) in [7, 11) is 0. The number of ketones is 2. The predicted octanol–water partition coefficient (Wildman–Crippen LogP) is 5.30. The summed E-state index contributed by atoms with van der Waals surface area (Å²) in [4.78, 5) is 40.1. The zero-order valence-electron chi connectivity index (χ0n) is 19.9. The molecule has 1 aromatic carbocycles. The van der Waals surface area contributed by atoms with Crippen molar-refractivity contribution >= 4 is 33.5 Å². The van der Waals surface area contributed by atoms with Crippen LogP contribution in [0.4, 0.5) is 0 Å². The van der Waals surface area contributed by atoms with Gasteiger partial charge in [0.05, 0.1) is 17.5 Å². The molecule has 7 nitrogen and oxygen atoms in total. The van der Waals surface area contributed by atoms with Crippen LogP contribution in [0, 0.1) is 0 Å². The largest absolute Gasteiger partial charge is 0.490 e. The first-order chi connectivity index (χ1) is 16.9. The van der Waals surface area contributed by atoms with E-state index in [1.165, 1.54) is 0 Å². The number of carboxylic acids is 1. The summed E-state index contributed by atoms with van der Waals surface area (Å²) in [5, 5.41) is 9.34. The van der Waals surface area contributed by atoms with Gasteiger partial charge in [-0.25, -0.2) is 0 Å². The summed E-state index contributed by atoms with van der Waals surface area (Å²) in [6.07, 6.45) is 5.22. The third-order valence-corrected chi connectivity index (χ3v) is 7.24. The lowest BCUT2D eigenvalue weighted by molar-refractivity contribution is -0.137. The molecule has 35 heavy (non-hydrogen) atoms. The van der Waals surface area contributed by atoms with E-state index in [-0.39, 0.29) is 24.5 Å². The van der Waals surface area contributed by atoms with E-state index in [9.17, 15) is 19.5 Å². The minimum atomic E-state index is -0.902. The SMILES string of the molecule is C=CCOc1c(Br)cc(C2C3=C(CCCC3=O)N(CCC(=O)O)C3=C2C(=O)CCC3)cc1OCC. The van der Waals surface area contributed by atoms with Crippen LogP contribution in [-0.4, -0.2) is 47.3 Å². The molecule has 0 bridgehead atoms. The van der Waals surface area contributed by atoms with E-state index in [2.05, 4.69) is 22.5 Å². The molecule has 3 aliphatic rings. The molecule has 186 valence electrons. The van der Waals surface area contributed by atoms with Crippen LogP contribution in [0.3, 0.4) is 0 Å². The molecule has 0 saturated heterocycles. The molecule has 1 N–H and O–H groups in total. The van der Waals surface area contributed by atoms with Crippen molar-refractivity contribution in [1.29, 1.82) is 0 Å². The van der Waals surface area contributed by atoms with Gasteiger partial charge in [0.2, 0.25) is 0 Å².